The molecule has 3 nitrogen and oxygen atoms in total. The van der Waals surface area contributed by atoms with Crippen LogP contribution in [0.3, 0.4) is 0 Å². The zero-order valence-corrected chi connectivity index (χ0v) is 15.3. The number of nitrogens with one attached hydrogen (secondary N) is 1. The molecule has 0 spiro atoms. The van der Waals surface area contributed by atoms with Crippen molar-refractivity contribution in [1.29, 1.82) is 0 Å². The fraction of sp³-hybridized carbons (Fsp3) is 0.850. The highest BCUT2D eigenvalue weighted by Gasteiger charge is 1.98. The number of aliphatic hydroxyl groups excluding tert-OH is 1. The molecule has 0 radical (unpaired) electrons. The lowest BCUT2D eigenvalue weighted by atomic mass is 10.1. The van der Waals surface area contributed by atoms with E-state index in [1.807, 2.05) is 0 Å². The van der Waals surface area contributed by atoms with Crippen LogP contribution in [0.15, 0.2) is 12.2 Å². The minimum atomic E-state index is 0.0212. The second-order valence-electron chi connectivity index (χ2n) is 6.41. The lowest BCUT2D eigenvalue weighted by Crippen LogP contribution is -2.25. The van der Waals surface area contributed by atoms with E-state index in [9.17, 15) is 4.79 Å². The van der Waals surface area contributed by atoms with Crippen molar-refractivity contribution in [3.63, 3.8) is 0 Å². The lowest BCUT2D eigenvalue weighted by molar-refractivity contribution is -0.121. The van der Waals surface area contributed by atoms with Gasteiger partial charge in [-0.3, -0.25) is 4.79 Å². The summed E-state index contributed by atoms with van der Waals surface area (Å²) in [5.74, 6) is 0.0534. The summed E-state index contributed by atoms with van der Waals surface area (Å²) in [7, 11) is 0. The fourth-order valence-corrected chi connectivity index (χ4v) is 2.64. The molecule has 0 saturated carbocycles. The maximum atomic E-state index is 11.3. The molecule has 0 aliphatic carbocycles. The third-order valence-corrected chi connectivity index (χ3v) is 4.10. The number of allylic oxidation sites excluding steroid dienone is 2. The summed E-state index contributed by atoms with van der Waals surface area (Å²) in [6.07, 6.45) is 21.9. The van der Waals surface area contributed by atoms with Gasteiger partial charge >= 0.3 is 0 Å². The van der Waals surface area contributed by atoms with Crippen LogP contribution >= 0.6 is 0 Å². The first-order chi connectivity index (χ1) is 11.3. The second kappa shape index (κ2) is 19.2. The van der Waals surface area contributed by atoms with E-state index in [0.717, 1.165) is 19.3 Å². The molecule has 0 atom stereocenters. The van der Waals surface area contributed by atoms with Crippen molar-refractivity contribution in [2.45, 2.75) is 96.8 Å². The molecular weight excluding hydrogens is 286 g/mol. The average molecular weight is 326 g/mol. The molecule has 0 aromatic rings. The third kappa shape index (κ3) is 19.1. The van der Waals surface area contributed by atoms with Crippen molar-refractivity contribution in [2.24, 2.45) is 0 Å². The van der Waals surface area contributed by atoms with Crippen LogP contribution in [0.2, 0.25) is 0 Å². The highest BCUT2D eigenvalue weighted by Crippen LogP contribution is 2.11. The van der Waals surface area contributed by atoms with Crippen LogP contribution in [0.25, 0.3) is 0 Å². The van der Waals surface area contributed by atoms with Gasteiger partial charge in [0.15, 0.2) is 0 Å². The number of rotatable bonds is 17. The Kier molecular flexibility index (Phi) is 18.5. The molecule has 0 bridgehead atoms. The molecule has 136 valence electrons. The van der Waals surface area contributed by atoms with Crippen LogP contribution in [-0.2, 0) is 4.79 Å². The first kappa shape index (κ1) is 22.2. The molecule has 0 heterocycles. The van der Waals surface area contributed by atoms with E-state index in [2.05, 4.69) is 24.4 Å². The van der Waals surface area contributed by atoms with Crippen LogP contribution < -0.4 is 5.32 Å². The molecule has 0 saturated heterocycles. The number of amides is 1. The molecule has 3 heteroatoms. The van der Waals surface area contributed by atoms with Gasteiger partial charge in [-0.25, -0.2) is 0 Å². The van der Waals surface area contributed by atoms with Crippen molar-refractivity contribution in [3.8, 4) is 0 Å². The van der Waals surface area contributed by atoms with Gasteiger partial charge < -0.3 is 10.4 Å². The standard InChI is InChI=1S/C20H39NO2/c1-2-3-4-5-6-7-8-9-10-11-12-13-14-15-16-17-20(23)21-18-19-22/h12-13,22H,2-11,14-19H2,1H3,(H,21,23)/b13-12-. The van der Waals surface area contributed by atoms with E-state index in [1.54, 1.807) is 0 Å². The van der Waals surface area contributed by atoms with E-state index < -0.39 is 0 Å². The minimum Gasteiger partial charge on any atom is -0.395 e. The molecule has 0 aliphatic heterocycles. The Hall–Kier alpha value is -0.830. The Bertz CT molecular complexity index is 277. The zero-order valence-electron chi connectivity index (χ0n) is 15.3. The van der Waals surface area contributed by atoms with Gasteiger partial charge in [0.25, 0.3) is 0 Å². The van der Waals surface area contributed by atoms with E-state index in [-0.39, 0.29) is 12.5 Å². The van der Waals surface area contributed by atoms with Gasteiger partial charge in [0, 0.05) is 13.0 Å². The highest BCUT2D eigenvalue weighted by molar-refractivity contribution is 5.75. The number of unbranched alkanes of at least 4 members (excludes halogenated alkanes) is 11. The normalized spacial score (nSPS) is 11.2. The zero-order chi connectivity index (χ0) is 17.0. The van der Waals surface area contributed by atoms with Gasteiger partial charge in [-0.1, -0.05) is 70.4 Å². The molecule has 1 amide bonds. The van der Waals surface area contributed by atoms with Crippen LogP contribution in [0.1, 0.15) is 96.8 Å². The fourth-order valence-electron chi connectivity index (χ4n) is 2.64. The molecule has 23 heavy (non-hydrogen) atoms. The largest absolute Gasteiger partial charge is 0.395 e. The van der Waals surface area contributed by atoms with Gasteiger partial charge in [-0.05, 0) is 32.1 Å². The molecule has 2 N–H and O–H groups in total. The minimum absolute atomic E-state index is 0.0212. The van der Waals surface area contributed by atoms with Gasteiger partial charge in [-0.2, -0.15) is 0 Å². The molecular formula is C20H39NO2. The molecule has 0 fully saturated rings. The van der Waals surface area contributed by atoms with E-state index >= 15 is 0 Å². The molecule has 0 aliphatic rings. The summed E-state index contributed by atoms with van der Waals surface area (Å²) in [5, 5.41) is 11.3. The SMILES string of the molecule is CCCCCCCCCCC/C=C\CCCCC(=O)NCCO. The quantitative estimate of drug-likeness (QED) is 0.287. The first-order valence-electron chi connectivity index (χ1n) is 9.83. The number of hydrogen-bond acceptors (Lipinski definition) is 2. The Morgan fingerprint density at radius 2 is 1.35 bits per heavy atom. The van der Waals surface area contributed by atoms with Crippen molar-refractivity contribution in [3.05, 3.63) is 12.2 Å². The van der Waals surface area contributed by atoms with Crippen molar-refractivity contribution >= 4 is 5.91 Å². The smallest absolute Gasteiger partial charge is 0.220 e. The number of carbonyl (C=O) groups excluding carboxylic acids is 1. The van der Waals surface area contributed by atoms with Crippen LogP contribution in [-0.4, -0.2) is 24.2 Å². The predicted octanol–water partition coefficient (Wildman–Crippen LogP) is 5.13. The van der Waals surface area contributed by atoms with Gasteiger partial charge in [0.05, 0.1) is 6.61 Å². The average Bonchev–Trinajstić information content (AvgIpc) is 2.56. The van der Waals surface area contributed by atoms with Crippen molar-refractivity contribution < 1.29 is 9.90 Å². The van der Waals surface area contributed by atoms with Crippen molar-refractivity contribution in [1.82, 2.24) is 5.32 Å². The van der Waals surface area contributed by atoms with Crippen LogP contribution in [0, 0.1) is 0 Å². The first-order valence-corrected chi connectivity index (χ1v) is 9.83. The van der Waals surface area contributed by atoms with Crippen LogP contribution in [0.4, 0.5) is 0 Å². The summed E-state index contributed by atoms with van der Waals surface area (Å²) in [5.41, 5.74) is 0. The second-order valence-corrected chi connectivity index (χ2v) is 6.41. The maximum Gasteiger partial charge on any atom is 0.220 e. The number of carbonyl (C=O) groups is 1. The third-order valence-electron chi connectivity index (χ3n) is 4.10. The summed E-state index contributed by atoms with van der Waals surface area (Å²) in [6, 6.07) is 0. The number of hydrogen-bond donors (Lipinski definition) is 2. The maximum absolute atomic E-state index is 11.3. The van der Waals surface area contributed by atoms with Gasteiger partial charge in [-0.15, -0.1) is 0 Å². The van der Waals surface area contributed by atoms with E-state index in [0.29, 0.717) is 13.0 Å². The molecule has 0 aromatic carbocycles. The highest BCUT2D eigenvalue weighted by atomic mass is 16.3. The summed E-state index contributed by atoms with van der Waals surface area (Å²) in [4.78, 5) is 11.3. The predicted molar refractivity (Wildman–Crippen MR) is 99.5 cm³/mol. The van der Waals surface area contributed by atoms with Crippen molar-refractivity contribution in [2.75, 3.05) is 13.2 Å². The lowest BCUT2D eigenvalue weighted by Gasteiger charge is -2.02. The Morgan fingerprint density at radius 3 is 1.91 bits per heavy atom. The Balaban J connectivity index is 3.15. The molecule has 0 rings (SSSR count). The van der Waals surface area contributed by atoms with E-state index in [1.165, 1.54) is 64.2 Å². The molecule has 0 unspecified atom stereocenters. The van der Waals surface area contributed by atoms with Gasteiger partial charge in [0.2, 0.25) is 5.91 Å². The summed E-state index contributed by atoms with van der Waals surface area (Å²) < 4.78 is 0. The van der Waals surface area contributed by atoms with E-state index in [4.69, 9.17) is 5.11 Å². The van der Waals surface area contributed by atoms with Gasteiger partial charge in [0.1, 0.15) is 0 Å². The monoisotopic (exact) mass is 325 g/mol. The topological polar surface area (TPSA) is 49.3 Å². The molecule has 0 aromatic heterocycles. The number of aliphatic hydroxyl groups is 1. The summed E-state index contributed by atoms with van der Waals surface area (Å²) >= 11 is 0. The Morgan fingerprint density at radius 1 is 0.826 bits per heavy atom. The summed E-state index contributed by atoms with van der Waals surface area (Å²) in [6.45, 7) is 2.66. The Labute approximate surface area is 143 Å². The van der Waals surface area contributed by atoms with Crippen LogP contribution in [0.5, 0.6) is 0 Å².